The molecule has 2 rings (SSSR count). The predicted molar refractivity (Wildman–Crippen MR) is 80.7 cm³/mol. The normalized spacial score (nSPS) is 18.2. The van der Waals surface area contributed by atoms with E-state index in [4.69, 9.17) is 5.11 Å². The molecule has 0 radical (unpaired) electrons. The van der Waals surface area contributed by atoms with E-state index in [1.165, 1.54) is 24.3 Å². The van der Waals surface area contributed by atoms with Crippen LogP contribution < -0.4 is 5.32 Å². The van der Waals surface area contributed by atoms with Crippen molar-refractivity contribution in [3.63, 3.8) is 0 Å². The van der Waals surface area contributed by atoms with E-state index in [0.717, 1.165) is 0 Å². The number of hydrogen-bond acceptors (Lipinski definition) is 3. The maximum Gasteiger partial charge on any atom is 0.335 e. The lowest BCUT2D eigenvalue weighted by atomic mass is 9.99. The number of carboxylic acid groups (broad SMARTS) is 1. The van der Waals surface area contributed by atoms with Crippen LogP contribution in [0.15, 0.2) is 24.3 Å². The zero-order valence-corrected chi connectivity index (χ0v) is 12.7. The van der Waals surface area contributed by atoms with E-state index in [2.05, 4.69) is 5.32 Å². The van der Waals surface area contributed by atoms with Crippen LogP contribution in [-0.4, -0.2) is 46.9 Å². The highest BCUT2D eigenvalue weighted by Gasteiger charge is 2.33. The number of nitrogens with zero attached hydrogens (tertiary/aromatic N) is 1. The minimum Gasteiger partial charge on any atom is -0.478 e. The standard InChI is InChI=1S/C16H20N2O4/c1-10(2)9-13-14(19)17-7-8-18(13)15(20)11-3-5-12(6-4-11)16(21)22/h3-6,10,13H,7-9H2,1-2H3,(H,17,19)(H,21,22). The zero-order valence-electron chi connectivity index (χ0n) is 12.7. The molecule has 6 nitrogen and oxygen atoms in total. The fraction of sp³-hybridized carbons (Fsp3) is 0.438. The van der Waals surface area contributed by atoms with Crippen LogP contribution in [0.25, 0.3) is 0 Å². The van der Waals surface area contributed by atoms with Crippen molar-refractivity contribution in [3.8, 4) is 0 Å². The van der Waals surface area contributed by atoms with Gasteiger partial charge in [0.2, 0.25) is 5.91 Å². The maximum absolute atomic E-state index is 12.6. The summed E-state index contributed by atoms with van der Waals surface area (Å²) in [6, 6.07) is 5.31. The van der Waals surface area contributed by atoms with E-state index < -0.39 is 12.0 Å². The zero-order chi connectivity index (χ0) is 16.3. The lowest BCUT2D eigenvalue weighted by Crippen LogP contribution is -2.57. The first-order chi connectivity index (χ1) is 10.4. The van der Waals surface area contributed by atoms with Gasteiger partial charge in [-0.25, -0.2) is 4.79 Å². The molecule has 2 amide bonds. The average molecular weight is 304 g/mol. The van der Waals surface area contributed by atoms with Crippen molar-refractivity contribution in [1.29, 1.82) is 0 Å². The van der Waals surface area contributed by atoms with Crippen molar-refractivity contribution in [1.82, 2.24) is 10.2 Å². The second kappa shape index (κ2) is 6.60. The number of hydrogen-bond donors (Lipinski definition) is 2. The third kappa shape index (κ3) is 3.44. The predicted octanol–water partition coefficient (Wildman–Crippen LogP) is 1.37. The third-order valence-corrected chi connectivity index (χ3v) is 3.67. The molecule has 1 aliphatic heterocycles. The first kappa shape index (κ1) is 16.0. The Bertz CT molecular complexity index is 580. The van der Waals surface area contributed by atoms with Gasteiger partial charge in [-0.05, 0) is 36.6 Å². The highest BCUT2D eigenvalue weighted by molar-refractivity contribution is 5.99. The Morgan fingerprint density at radius 2 is 1.86 bits per heavy atom. The van der Waals surface area contributed by atoms with E-state index in [1.54, 1.807) is 4.90 Å². The molecular formula is C16H20N2O4. The van der Waals surface area contributed by atoms with Crippen LogP contribution in [-0.2, 0) is 4.79 Å². The van der Waals surface area contributed by atoms with Gasteiger partial charge in [0.25, 0.3) is 5.91 Å². The molecule has 22 heavy (non-hydrogen) atoms. The molecule has 118 valence electrons. The lowest BCUT2D eigenvalue weighted by Gasteiger charge is -2.36. The summed E-state index contributed by atoms with van der Waals surface area (Å²) >= 11 is 0. The second-order valence-corrected chi connectivity index (χ2v) is 5.82. The largest absolute Gasteiger partial charge is 0.478 e. The van der Waals surface area contributed by atoms with Crippen LogP contribution in [0.1, 0.15) is 41.0 Å². The van der Waals surface area contributed by atoms with E-state index in [-0.39, 0.29) is 17.4 Å². The molecule has 1 atom stereocenters. The van der Waals surface area contributed by atoms with Gasteiger partial charge in [-0.15, -0.1) is 0 Å². The Hall–Kier alpha value is -2.37. The smallest absolute Gasteiger partial charge is 0.335 e. The van der Waals surface area contributed by atoms with Gasteiger partial charge >= 0.3 is 5.97 Å². The van der Waals surface area contributed by atoms with Crippen molar-refractivity contribution < 1.29 is 19.5 Å². The molecule has 1 aromatic carbocycles. The van der Waals surface area contributed by atoms with Gasteiger partial charge in [0.05, 0.1) is 5.56 Å². The topological polar surface area (TPSA) is 86.7 Å². The minimum atomic E-state index is -1.03. The first-order valence-corrected chi connectivity index (χ1v) is 7.32. The Balaban J connectivity index is 2.21. The van der Waals surface area contributed by atoms with Crippen molar-refractivity contribution in [2.75, 3.05) is 13.1 Å². The summed E-state index contributed by atoms with van der Waals surface area (Å²) in [7, 11) is 0. The molecule has 0 bridgehead atoms. The fourth-order valence-electron chi connectivity index (χ4n) is 2.56. The molecule has 0 aromatic heterocycles. The quantitative estimate of drug-likeness (QED) is 0.879. The number of carbonyl (C=O) groups excluding carboxylic acids is 2. The molecule has 1 aliphatic rings. The number of carbonyl (C=O) groups is 3. The molecule has 2 N–H and O–H groups in total. The Morgan fingerprint density at radius 3 is 2.41 bits per heavy atom. The summed E-state index contributed by atoms with van der Waals surface area (Å²) in [5.41, 5.74) is 0.528. The van der Waals surface area contributed by atoms with Crippen molar-refractivity contribution in [2.24, 2.45) is 5.92 Å². The van der Waals surface area contributed by atoms with Crippen LogP contribution in [0.2, 0.25) is 0 Å². The molecule has 0 saturated carbocycles. The molecule has 0 spiro atoms. The van der Waals surface area contributed by atoms with Gasteiger partial charge in [0, 0.05) is 18.7 Å². The number of piperazine rings is 1. The van der Waals surface area contributed by atoms with Crippen LogP contribution in [0.3, 0.4) is 0 Å². The average Bonchev–Trinajstić information content (AvgIpc) is 2.48. The Morgan fingerprint density at radius 1 is 1.27 bits per heavy atom. The van der Waals surface area contributed by atoms with Crippen LogP contribution in [0.5, 0.6) is 0 Å². The fourth-order valence-corrected chi connectivity index (χ4v) is 2.56. The summed E-state index contributed by atoms with van der Waals surface area (Å²) in [6.07, 6.45) is 0.602. The van der Waals surface area contributed by atoms with Gasteiger partial charge in [-0.3, -0.25) is 9.59 Å². The van der Waals surface area contributed by atoms with Crippen LogP contribution in [0.4, 0.5) is 0 Å². The number of aromatic carboxylic acids is 1. The van der Waals surface area contributed by atoms with Crippen molar-refractivity contribution >= 4 is 17.8 Å². The molecule has 6 heteroatoms. The molecule has 1 unspecified atom stereocenters. The van der Waals surface area contributed by atoms with Crippen molar-refractivity contribution in [3.05, 3.63) is 35.4 Å². The minimum absolute atomic E-state index is 0.129. The number of benzene rings is 1. The molecule has 0 aliphatic carbocycles. The summed E-state index contributed by atoms with van der Waals surface area (Å²) in [4.78, 5) is 37.1. The molecule has 1 saturated heterocycles. The molecule has 1 aromatic rings. The van der Waals surface area contributed by atoms with E-state index in [0.29, 0.717) is 31.0 Å². The van der Waals surface area contributed by atoms with Gasteiger partial charge in [-0.2, -0.15) is 0 Å². The molecule has 1 heterocycles. The maximum atomic E-state index is 12.6. The monoisotopic (exact) mass is 304 g/mol. The summed E-state index contributed by atoms with van der Waals surface area (Å²) in [6.45, 7) is 4.91. The number of amides is 2. The highest BCUT2D eigenvalue weighted by atomic mass is 16.4. The van der Waals surface area contributed by atoms with Crippen LogP contribution >= 0.6 is 0 Å². The lowest BCUT2D eigenvalue weighted by molar-refractivity contribution is -0.128. The number of rotatable bonds is 4. The summed E-state index contributed by atoms with van der Waals surface area (Å²) in [5, 5.41) is 11.7. The Labute approximate surface area is 129 Å². The summed E-state index contributed by atoms with van der Waals surface area (Å²) in [5.74, 6) is -1.11. The molecular weight excluding hydrogens is 284 g/mol. The van der Waals surface area contributed by atoms with Gasteiger partial charge < -0.3 is 15.3 Å². The van der Waals surface area contributed by atoms with Gasteiger partial charge in [-0.1, -0.05) is 13.8 Å². The van der Waals surface area contributed by atoms with Gasteiger partial charge in [0.15, 0.2) is 0 Å². The molecule has 1 fully saturated rings. The highest BCUT2D eigenvalue weighted by Crippen LogP contribution is 2.18. The third-order valence-electron chi connectivity index (χ3n) is 3.67. The van der Waals surface area contributed by atoms with E-state index in [9.17, 15) is 14.4 Å². The SMILES string of the molecule is CC(C)CC1C(=O)NCCN1C(=O)c1ccc(C(=O)O)cc1. The Kier molecular flexibility index (Phi) is 4.80. The number of carboxylic acids is 1. The first-order valence-electron chi connectivity index (χ1n) is 7.32. The van der Waals surface area contributed by atoms with Crippen LogP contribution in [0, 0.1) is 5.92 Å². The van der Waals surface area contributed by atoms with E-state index >= 15 is 0 Å². The second-order valence-electron chi connectivity index (χ2n) is 5.82. The van der Waals surface area contributed by atoms with Crippen molar-refractivity contribution in [2.45, 2.75) is 26.3 Å². The van der Waals surface area contributed by atoms with Gasteiger partial charge in [0.1, 0.15) is 6.04 Å². The van der Waals surface area contributed by atoms with E-state index in [1.807, 2.05) is 13.8 Å². The number of nitrogens with one attached hydrogen (secondary N) is 1. The summed E-state index contributed by atoms with van der Waals surface area (Å²) < 4.78 is 0.